The van der Waals surface area contributed by atoms with Gasteiger partial charge in [0.05, 0.1) is 37.0 Å². The van der Waals surface area contributed by atoms with Crippen molar-refractivity contribution in [2.45, 2.75) is 52.1 Å². The number of carbonyl (C=O) groups is 1. The van der Waals surface area contributed by atoms with Gasteiger partial charge in [-0.05, 0) is 39.2 Å². The number of fused-ring (bicyclic) bond motifs is 3. The minimum Gasteiger partial charge on any atom is -0.496 e. The van der Waals surface area contributed by atoms with Crippen LogP contribution >= 0.6 is 0 Å². The lowest BCUT2D eigenvalue weighted by Gasteiger charge is -2.33. The molecular weight excluding hydrogens is 372 g/mol. The number of ether oxygens (including phenoxy) is 2. The van der Waals surface area contributed by atoms with Crippen LogP contribution in [0.25, 0.3) is 11.0 Å². The van der Waals surface area contributed by atoms with Gasteiger partial charge in [-0.1, -0.05) is 0 Å². The summed E-state index contributed by atoms with van der Waals surface area (Å²) in [5, 5.41) is 9.39. The second-order valence-corrected chi connectivity index (χ2v) is 8.01. The fourth-order valence-electron chi connectivity index (χ4n) is 3.68. The van der Waals surface area contributed by atoms with Crippen LogP contribution in [0.3, 0.4) is 0 Å². The Kier molecular flexibility index (Phi) is 5.56. The third kappa shape index (κ3) is 3.93. The largest absolute Gasteiger partial charge is 0.496 e. The lowest BCUT2D eigenvalue weighted by atomic mass is 9.91. The molecule has 0 unspecified atom stereocenters. The third-order valence-corrected chi connectivity index (χ3v) is 5.47. The molecule has 0 aliphatic carbocycles. The van der Waals surface area contributed by atoms with Crippen LogP contribution in [-0.2, 0) is 17.6 Å². The highest BCUT2D eigenvalue weighted by molar-refractivity contribution is 5.93. The van der Waals surface area contributed by atoms with Gasteiger partial charge < -0.3 is 18.8 Å². The third-order valence-electron chi connectivity index (χ3n) is 5.47. The molecule has 1 aromatic carbocycles. The predicted octanol–water partition coefficient (Wildman–Crippen LogP) is 3.13. The molecule has 3 rings (SSSR count). The summed E-state index contributed by atoms with van der Waals surface area (Å²) in [5.41, 5.74) is 1.46. The van der Waals surface area contributed by atoms with Gasteiger partial charge in [0.2, 0.25) is 5.91 Å². The Morgan fingerprint density at radius 1 is 1.41 bits per heavy atom. The predicted molar refractivity (Wildman–Crippen MR) is 108 cm³/mol. The Labute approximate surface area is 169 Å². The molecule has 0 saturated heterocycles. The van der Waals surface area contributed by atoms with Crippen molar-refractivity contribution in [1.29, 1.82) is 5.26 Å². The average Bonchev–Trinajstić information content (AvgIpc) is 2.67. The van der Waals surface area contributed by atoms with Crippen molar-refractivity contribution in [2.24, 2.45) is 0 Å². The number of aryl methyl sites for hydroxylation is 2. The second-order valence-electron chi connectivity index (χ2n) is 8.01. The van der Waals surface area contributed by atoms with E-state index in [0.717, 1.165) is 18.4 Å². The highest BCUT2D eigenvalue weighted by Crippen LogP contribution is 2.43. The zero-order chi connectivity index (χ0) is 21.3. The van der Waals surface area contributed by atoms with Crippen molar-refractivity contribution in [1.82, 2.24) is 4.90 Å². The first-order valence-electron chi connectivity index (χ1n) is 9.64. The maximum absolute atomic E-state index is 12.8. The number of methoxy groups -OCH3 is 1. The van der Waals surface area contributed by atoms with Gasteiger partial charge in [-0.3, -0.25) is 4.79 Å². The van der Waals surface area contributed by atoms with Crippen LogP contribution in [0, 0.1) is 18.3 Å². The Hall–Kier alpha value is -3.01. The lowest BCUT2D eigenvalue weighted by molar-refractivity contribution is -0.129. The van der Waals surface area contributed by atoms with Crippen LogP contribution < -0.4 is 15.1 Å². The van der Waals surface area contributed by atoms with E-state index in [1.54, 1.807) is 21.1 Å². The normalized spacial score (nSPS) is 14.6. The van der Waals surface area contributed by atoms with Gasteiger partial charge in [-0.2, -0.15) is 5.26 Å². The molecule has 2 heterocycles. The molecule has 0 atom stereocenters. The number of nitrogens with zero attached hydrogens (tertiary/aromatic N) is 2. The van der Waals surface area contributed by atoms with Gasteiger partial charge in [-0.15, -0.1) is 0 Å². The fraction of sp³-hybridized carbons (Fsp3) is 0.500. The number of hydrogen-bond acceptors (Lipinski definition) is 6. The standard InChI is InChI=1S/C22H26N2O5/c1-13-15(11-18(25)24(4)10-6-9-23)21(26)28-20-14-7-8-22(2,3)29-16(14)12-17(27-5)19(13)20/h12H,6-8,10-11H2,1-5H3. The van der Waals surface area contributed by atoms with Crippen LogP contribution in [-0.4, -0.2) is 37.1 Å². The Morgan fingerprint density at radius 2 is 2.14 bits per heavy atom. The number of amides is 1. The summed E-state index contributed by atoms with van der Waals surface area (Å²) in [4.78, 5) is 26.7. The SMILES string of the molecule is COc1cc2c(c3oc(=O)c(CC(=O)N(C)CCC#N)c(C)c13)CCC(C)(C)O2. The summed E-state index contributed by atoms with van der Waals surface area (Å²) in [6.07, 6.45) is 1.67. The van der Waals surface area contributed by atoms with Gasteiger partial charge in [0, 0.05) is 25.2 Å². The summed E-state index contributed by atoms with van der Waals surface area (Å²) in [6.45, 7) is 6.16. The molecule has 1 aliphatic rings. The van der Waals surface area contributed by atoms with E-state index in [-0.39, 0.29) is 24.3 Å². The molecule has 1 aliphatic heterocycles. The molecule has 0 radical (unpaired) electrons. The van der Waals surface area contributed by atoms with E-state index in [9.17, 15) is 9.59 Å². The molecule has 0 spiro atoms. The van der Waals surface area contributed by atoms with Crippen molar-refractivity contribution in [3.63, 3.8) is 0 Å². The monoisotopic (exact) mass is 398 g/mol. The summed E-state index contributed by atoms with van der Waals surface area (Å²) in [5.74, 6) is 0.967. The van der Waals surface area contributed by atoms with E-state index in [4.69, 9.17) is 19.2 Å². The molecule has 0 saturated carbocycles. The molecule has 7 nitrogen and oxygen atoms in total. The number of likely N-dealkylation sites (N-methyl/N-ethyl adjacent to an activating group) is 1. The van der Waals surface area contributed by atoms with Crippen molar-refractivity contribution in [2.75, 3.05) is 20.7 Å². The van der Waals surface area contributed by atoms with Gasteiger partial charge in [0.1, 0.15) is 22.7 Å². The number of rotatable bonds is 5. The van der Waals surface area contributed by atoms with Gasteiger partial charge >= 0.3 is 5.63 Å². The van der Waals surface area contributed by atoms with E-state index >= 15 is 0 Å². The minimum atomic E-state index is -0.530. The van der Waals surface area contributed by atoms with Crippen molar-refractivity contribution in [3.8, 4) is 17.6 Å². The summed E-state index contributed by atoms with van der Waals surface area (Å²) in [7, 11) is 3.17. The number of carbonyl (C=O) groups excluding carboxylic acids is 1. The smallest absolute Gasteiger partial charge is 0.340 e. The average molecular weight is 398 g/mol. The van der Waals surface area contributed by atoms with Crippen LogP contribution in [0.1, 0.15) is 43.4 Å². The molecule has 0 N–H and O–H groups in total. The Bertz CT molecular complexity index is 1060. The summed E-state index contributed by atoms with van der Waals surface area (Å²) < 4.78 is 17.4. The van der Waals surface area contributed by atoms with Crippen LogP contribution in [0.15, 0.2) is 15.3 Å². The first kappa shape index (κ1) is 20.7. The molecular formula is C22H26N2O5. The zero-order valence-electron chi connectivity index (χ0n) is 17.5. The quantitative estimate of drug-likeness (QED) is 0.719. The van der Waals surface area contributed by atoms with E-state index in [1.165, 1.54) is 4.90 Å². The molecule has 7 heteroatoms. The Balaban J connectivity index is 2.11. The van der Waals surface area contributed by atoms with Crippen molar-refractivity contribution < 1.29 is 18.7 Å². The van der Waals surface area contributed by atoms with Crippen LogP contribution in [0.4, 0.5) is 0 Å². The van der Waals surface area contributed by atoms with Crippen molar-refractivity contribution >= 4 is 16.9 Å². The molecule has 1 amide bonds. The topological polar surface area (TPSA) is 92.8 Å². The lowest BCUT2D eigenvalue weighted by Crippen LogP contribution is -2.33. The Morgan fingerprint density at radius 3 is 2.79 bits per heavy atom. The maximum Gasteiger partial charge on any atom is 0.340 e. The van der Waals surface area contributed by atoms with E-state index in [0.29, 0.717) is 40.1 Å². The molecule has 1 aromatic heterocycles. The highest BCUT2D eigenvalue weighted by atomic mass is 16.5. The number of benzene rings is 1. The number of hydrogen-bond donors (Lipinski definition) is 0. The zero-order valence-corrected chi connectivity index (χ0v) is 17.5. The summed E-state index contributed by atoms with van der Waals surface area (Å²) >= 11 is 0. The maximum atomic E-state index is 12.8. The van der Waals surface area contributed by atoms with E-state index < -0.39 is 5.63 Å². The van der Waals surface area contributed by atoms with Gasteiger partial charge in [0.25, 0.3) is 0 Å². The molecule has 0 fully saturated rings. The molecule has 29 heavy (non-hydrogen) atoms. The molecule has 2 aromatic rings. The number of nitriles is 1. The van der Waals surface area contributed by atoms with Gasteiger partial charge in [0.15, 0.2) is 0 Å². The highest BCUT2D eigenvalue weighted by Gasteiger charge is 2.31. The second kappa shape index (κ2) is 7.78. The fourth-order valence-corrected chi connectivity index (χ4v) is 3.68. The van der Waals surface area contributed by atoms with E-state index in [2.05, 4.69) is 0 Å². The van der Waals surface area contributed by atoms with Gasteiger partial charge in [-0.25, -0.2) is 4.79 Å². The van der Waals surface area contributed by atoms with Crippen LogP contribution in [0.5, 0.6) is 11.5 Å². The minimum absolute atomic E-state index is 0.0875. The van der Waals surface area contributed by atoms with Crippen molar-refractivity contribution in [3.05, 3.63) is 33.2 Å². The summed E-state index contributed by atoms with van der Waals surface area (Å²) in [6, 6.07) is 3.84. The molecule has 154 valence electrons. The first-order valence-corrected chi connectivity index (χ1v) is 9.64. The molecule has 0 bridgehead atoms. The van der Waals surface area contributed by atoms with Crippen LogP contribution in [0.2, 0.25) is 0 Å². The van der Waals surface area contributed by atoms with E-state index in [1.807, 2.05) is 26.0 Å². The first-order chi connectivity index (χ1) is 13.7.